The number of aliphatic hydroxyl groups excluding tert-OH is 1. The maximum atomic E-state index is 12.6. The van der Waals surface area contributed by atoms with Gasteiger partial charge in [-0.2, -0.15) is 0 Å². The van der Waals surface area contributed by atoms with Crippen molar-refractivity contribution < 1.29 is 9.90 Å². The van der Waals surface area contributed by atoms with Crippen molar-refractivity contribution in [2.75, 3.05) is 19.7 Å². The van der Waals surface area contributed by atoms with Gasteiger partial charge in [0.05, 0.1) is 12.1 Å². The first-order valence-corrected chi connectivity index (χ1v) is 7.96. The van der Waals surface area contributed by atoms with Crippen LogP contribution in [0.1, 0.15) is 56.1 Å². The number of nitrogens with zero attached hydrogens (tertiary/aromatic N) is 1. The number of hydrogen-bond acceptors (Lipinski definition) is 3. The Balaban J connectivity index is 2.14. The highest BCUT2D eigenvalue weighted by Gasteiger charge is 2.29. The maximum absolute atomic E-state index is 12.6. The van der Waals surface area contributed by atoms with Gasteiger partial charge in [0.2, 0.25) is 0 Å². The Kier molecular flexibility index (Phi) is 5.42. The molecule has 5 nitrogen and oxygen atoms in total. The largest absolute Gasteiger partial charge is 0.394 e. The Bertz CT molecular complexity index is 452. The molecule has 0 unspecified atom stereocenters. The van der Waals surface area contributed by atoms with E-state index >= 15 is 0 Å². The fourth-order valence-corrected chi connectivity index (χ4v) is 2.98. The van der Waals surface area contributed by atoms with Crippen LogP contribution in [0.25, 0.3) is 0 Å². The van der Waals surface area contributed by atoms with Crippen LogP contribution in [-0.2, 0) is 0 Å². The van der Waals surface area contributed by atoms with Crippen LogP contribution in [0.2, 0.25) is 0 Å². The molecule has 118 valence electrons. The van der Waals surface area contributed by atoms with E-state index in [9.17, 15) is 9.90 Å². The molecule has 1 saturated heterocycles. The molecule has 1 aliphatic heterocycles. The Morgan fingerprint density at radius 1 is 1.43 bits per heavy atom. The van der Waals surface area contributed by atoms with Gasteiger partial charge in [-0.15, -0.1) is 0 Å². The molecular formula is C16H27N3O2. The number of carbonyl (C=O) groups excluding carboxylic acids is 1. The van der Waals surface area contributed by atoms with Crippen LogP contribution in [0.4, 0.5) is 0 Å². The third-order valence-corrected chi connectivity index (χ3v) is 4.75. The molecule has 0 aromatic carbocycles. The number of piperidine rings is 1. The minimum atomic E-state index is -0.514. The number of carbonyl (C=O) groups is 1. The molecular weight excluding hydrogens is 266 g/mol. The molecule has 21 heavy (non-hydrogen) atoms. The van der Waals surface area contributed by atoms with E-state index < -0.39 is 5.54 Å². The van der Waals surface area contributed by atoms with Gasteiger partial charge < -0.3 is 20.3 Å². The summed E-state index contributed by atoms with van der Waals surface area (Å²) in [4.78, 5) is 12.6. The molecule has 1 fully saturated rings. The van der Waals surface area contributed by atoms with Gasteiger partial charge in [-0.25, -0.2) is 0 Å². The minimum Gasteiger partial charge on any atom is -0.394 e. The van der Waals surface area contributed by atoms with Crippen LogP contribution in [0.3, 0.4) is 0 Å². The van der Waals surface area contributed by atoms with Gasteiger partial charge in [-0.3, -0.25) is 4.79 Å². The lowest BCUT2D eigenvalue weighted by Gasteiger charge is -2.32. The predicted molar refractivity (Wildman–Crippen MR) is 83.4 cm³/mol. The topological polar surface area (TPSA) is 66.3 Å². The molecule has 1 aromatic rings. The maximum Gasteiger partial charge on any atom is 0.268 e. The van der Waals surface area contributed by atoms with E-state index in [0.717, 1.165) is 38.8 Å². The summed E-state index contributed by atoms with van der Waals surface area (Å²) < 4.78 is 2.09. The van der Waals surface area contributed by atoms with Crippen molar-refractivity contribution in [3.8, 4) is 0 Å². The van der Waals surface area contributed by atoms with E-state index in [1.807, 2.05) is 32.2 Å². The number of rotatable bonds is 6. The van der Waals surface area contributed by atoms with Gasteiger partial charge in [0.25, 0.3) is 5.91 Å². The van der Waals surface area contributed by atoms with E-state index in [1.54, 1.807) is 0 Å². The van der Waals surface area contributed by atoms with Crippen molar-refractivity contribution in [1.82, 2.24) is 15.2 Å². The SMILES string of the molecule is CCC(CC)(CO)NC(=O)c1cccn1C1CCNCC1. The van der Waals surface area contributed by atoms with E-state index in [-0.39, 0.29) is 12.5 Å². The number of aromatic nitrogens is 1. The van der Waals surface area contributed by atoms with Crippen molar-refractivity contribution in [3.63, 3.8) is 0 Å². The van der Waals surface area contributed by atoms with Crippen LogP contribution >= 0.6 is 0 Å². The highest BCUT2D eigenvalue weighted by Crippen LogP contribution is 2.22. The zero-order chi connectivity index (χ0) is 15.3. The van der Waals surface area contributed by atoms with E-state index in [4.69, 9.17) is 0 Å². The predicted octanol–water partition coefficient (Wildman–Crippen LogP) is 1.69. The van der Waals surface area contributed by atoms with E-state index in [0.29, 0.717) is 11.7 Å². The molecule has 0 bridgehead atoms. The molecule has 0 spiro atoms. The average Bonchev–Trinajstić information content (AvgIpc) is 3.03. The van der Waals surface area contributed by atoms with Crippen LogP contribution in [0.15, 0.2) is 18.3 Å². The number of nitrogens with one attached hydrogen (secondary N) is 2. The molecule has 0 radical (unpaired) electrons. The average molecular weight is 293 g/mol. The summed E-state index contributed by atoms with van der Waals surface area (Å²) >= 11 is 0. The summed E-state index contributed by atoms with van der Waals surface area (Å²) in [6.07, 6.45) is 5.52. The first-order valence-electron chi connectivity index (χ1n) is 7.96. The fraction of sp³-hybridized carbons (Fsp3) is 0.688. The molecule has 0 aliphatic carbocycles. The van der Waals surface area contributed by atoms with Crippen molar-refractivity contribution in [1.29, 1.82) is 0 Å². The standard InChI is InChI=1S/C16H27N3O2/c1-3-16(4-2,12-20)18-15(21)14-6-5-11-19(14)13-7-9-17-10-8-13/h5-6,11,13,17,20H,3-4,7-10,12H2,1-2H3,(H,18,21). The van der Waals surface area contributed by atoms with Crippen LogP contribution in [0, 0.1) is 0 Å². The second-order valence-corrected chi connectivity index (χ2v) is 5.88. The Morgan fingerprint density at radius 2 is 2.10 bits per heavy atom. The number of aliphatic hydroxyl groups is 1. The summed E-state index contributed by atoms with van der Waals surface area (Å²) in [5.41, 5.74) is 0.182. The highest BCUT2D eigenvalue weighted by atomic mass is 16.3. The zero-order valence-electron chi connectivity index (χ0n) is 13.1. The second-order valence-electron chi connectivity index (χ2n) is 5.88. The summed E-state index contributed by atoms with van der Waals surface area (Å²) in [5.74, 6) is -0.0868. The molecule has 1 aromatic heterocycles. The van der Waals surface area contributed by atoms with Crippen molar-refractivity contribution >= 4 is 5.91 Å². The third kappa shape index (κ3) is 3.47. The molecule has 0 atom stereocenters. The Hall–Kier alpha value is -1.33. The number of hydrogen-bond donors (Lipinski definition) is 3. The zero-order valence-corrected chi connectivity index (χ0v) is 13.1. The molecule has 1 aliphatic rings. The number of amides is 1. The summed E-state index contributed by atoms with van der Waals surface area (Å²) in [7, 11) is 0. The molecule has 2 heterocycles. The third-order valence-electron chi connectivity index (χ3n) is 4.75. The van der Waals surface area contributed by atoms with Gasteiger partial charge in [0.15, 0.2) is 0 Å². The molecule has 3 N–H and O–H groups in total. The fourth-order valence-electron chi connectivity index (χ4n) is 2.98. The normalized spacial score (nSPS) is 16.9. The van der Waals surface area contributed by atoms with Crippen molar-refractivity contribution in [2.24, 2.45) is 0 Å². The van der Waals surface area contributed by atoms with Gasteiger partial charge in [-0.05, 0) is 50.9 Å². The van der Waals surface area contributed by atoms with Gasteiger partial charge >= 0.3 is 0 Å². The van der Waals surface area contributed by atoms with Crippen LogP contribution in [0.5, 0.6) is 0 Å². The lowest BCUT2D eigenvalue weighted by molar-refractivity contribution is 0.0805. The van der Waals surface area contributed by atoms with E-state index in [1.165, 1.54) is 0 Å². The lowest BCUT2D eigenvalue weighted by Crippen LogP contribution is -2.51. The monoisotopic (exact) mass is 293 g/mol. The van der Waals surface area contributed by atoms with Crippen LogP contribution in [-0.4, -0.2) is 40.8 Å². The highest BCUT2D eigenvalue weighted by molar-refractivity contribution is 5.93. The van der Waals surface area contributed by atoms with E-state index in [2.05, 4.69) is 15.2 Å². The Labute approximate surface area is 126 Å². The van der Waals surface area contributed by atoms with Crippen molar-refractivity contribution in [3.05, 3.63) is 24.0 Å². The minimum absolute atomic E-state index is 0.0280. The Morgan fingerprint density at radius 3 is 2.67 bits per heavy atom. The lowest BCUT2D eigenvalue weighted by atomic mass is 9.93. The molecule has 5 heteroatoms. The first kappa shape index (κ1) is 16.0. The summed E-state index contributed by atoms with van der Waals surface area (Å²) in [6, 6.07) is 4.18. The molecule has 1 amide bonds. The quantitative estimate of drug-likeness (QED) is 0.748. The molecule has 2 rings (SSSR count). The second kappa shape index (κ2) is 7.09. The smallest absolute Gasteiger partial charge is 0.268 e. The van der Waals surface area contributed by atoms with Crippen molar-refractivity contribution in [2.45, 2.75) is 51.1 Å². The van der Waals surface area contributed by atoms with Crippen LogP contribution < -0.4 is 10.6 Å². The van der Waals surface area contributed by atoms with Gasteiger partial charge in [0, 0.05) is 12.2 Å². The van der Waals surface area contributed by atoms with Gasteiger partial charge in [0.1, 0.15) is 5.69 Å². The summed E-state index contributed by atoms with van der Waals surface area (Å²) in [6.45, 7) is 5.94. The summed E-state index contributed by atoms with van der Waals surface area (Å²) in [5, 5.41) is 16.0. The first-order chi connectivity index (χ1) is 10.2. The van der Waals surface area contributed by atoms with Gasteiger partial charge in [-0.1, -0.05) is 13.8 Å². The molecule has 0 saturated carbocycles.